The first-order valence-corrected chi connectivity index (χ1v) is 8.01. The molecule has 0 aliphatic rings. The van der Waals surface area contributed by atoms with E-state index in [1.54, 1.807) is 0 Å². The monoisotopic (exact) mass is 282 g/mol. The zero-order chi connectivity index (χ0) is 15.3. The second kappa shape index (κ2) is 11.0. The highest BCUT2D eigenvalue weighted by Crippen LogP contribution is 2.11. The molecule has 1 aromatic rings. The first-order chi connectivity index (χ1) is 10.3. The zero-order valence-electron chi connectivity index (χ0n) is 13.1. The predicted octanol–water partition coefficient (Wildman–Crippen LogP) is 4.33. The standard InChI is InChI=1S/C20H26O/c1-3-5-6-7-8-9-10-12-18-13-11-14-19(17-18)15-16-20(21)4-2/h2,11,13-14,17,20-21H,3,5-10,12H2,1H3. The minimum atomic E-state index is -0.975. The van der Waals surface area contributed by atoms with Crippen LogP contribution in [0.5, 0.6) is 0 Å². The predicted molar refractivity (Wildman–Crippen MR) is 89.9 cm³/mol. The Balaban J connectivity index is 2.32. The quantitative estimate of drug-likeness (QED) is 0.556. The smallest absolute Gasteiger partial charge is 0.176 e. The molecule has 0 radical (unpaired) electrons. The molecule has 0 heterocycles. The minimum absolute atomic E-state index is 0.921. The van der Waals surface area contributed by atoms with Crippen LogP contribution in [0.15, 0.2) is 24.3 Å². The Morgan fingerprint density at radius 3 is 2.52 bits per heavy atom. The Bertz CT molecular complexity index is 499. The van der Waals surface area contributed by atoms with E-state index in [2.05, 4.69) is 36.8 Å². The van der Waals surface area contributed by atoms with E-state index >= 15 is 0 Å². The Kier molecular flexibility index (Phi) is 9.10. The maximum atomic E-state index is 9.24. The van der Waals surface area contributed by atoms with Crippen molar-refractivity contribution in [3.05, 3.63) is 35.4 Å². The average Bonchev–Trinajstić information content (AvgIpc) is 2.52. The van der Waals surface area contributed by atoms with Gasteiger partial charge in [-0.1, -0.05) is 75.3 Å². The molecule has 0 aromatic heterocycles. The van der Waals surface area contributed by atoms with Crippen LogP contribution in [-0.2, 0) is 6.42 Å². The van der Waals surface area contributed by atoms with Gasteiger partial charge in [0.15, 0.2) is 6.10 Å². The van der Waals surface area contributed by atoms with Gasteiger partial charge in [0, 0.05) is 5.56 Å². The van der Waals surface area contributed by atoms with Gasteiger partial charge in [0.1, 0.15) is 0 Å². The molecule has 0 saturated carbocycles. The number of rotatable bonds is 8. The Morgan fingerprint density at radius 2 is 1.81 bits per heavy atom. The molecule has 0 saturated heterocycles. The molecule has 1 aromatic carbocycles. The Labute approximate surface area is 129 Å². The number of terminal acetylenes is 1. The van der Waals surface area contributed by atoms with Crippen LogP contribution in [0.4, 0.5) is 0 Å². The number of hydrogen-bond donors (Lipinski definition) is 1. The molecule has 0 aliphatic carbocycles. The number of aliphatic hydroxyl groups is 1. The van der Waals surface area contributed by atoms with E-state index in [1.807, 2.05) is 12.1 Å². The van der Waals surface area contributed by atoms with Gasteiger partial charge < -0.3 is 5.11 Å². The summed E-state index contributed by atoms with van der Waals surface area (Å²) in [4.78, 5) is 0. The fraction of sp³-hybridized carbons (Fsp3) is 0.500. The summed E-state index contributed by atoms with van der Waals surface area (Å²) in [6.07, 6.45) is 14.5. The van der Waals surface area contributed by atoms with Gasteiger partial charge >= 0.3 is 0 Å². The third-order valence-corrected chi connectivity index (χ3v) is 3.51. The van der Waals surface area contributed by atoms with Crippen LogP contribution < -0.4 is 0 Å². The Morgan fingerprint density at radius 1 is 1.10 bits per heavy atom. The van der Waals surface area contributed by atoms with Gasteiger partial charge in [0.2, 0.25) is 0 Å². The maximum absolute atomic E-state index is 9.24. The highest BCUT2D eigenvalue weighted by molar-refractivity contribution is 5.38. The summed E-state index contributed by atoms with van der Waals surface area (Å²) in [6, 6.07) is 8.19. The largest absolute Gasteiger partial charge is 0.369 e. The van der Waals surface area contributed by atoms with Gasteiger partial charge in [-0.3, -0.25) is 0 Å². The van der Waals surface area contributed by atoms with Crippen molar-refractivity contribution in [2.24, 2.45) is 0 Å². The molecule has 0 spiro atoms. The maximum Gasteiger partial charge on any atom is 0.176 e. The lowest BCUT2D eigenvalue weighted by Crippen LogP contribution is -1.96. The van der Waals surface area contributed by atoms with Crippen LogP contribution in [0.25, 0.3) is 0 Å². The molecule has 0 amide bonds. The molecule has 1 nitrogen and oxygen atoms in total. The van der Waals surface area contributed by atoms with Crippen molar-refractivity contribution in [3.63, 3.8) is 0 Å². The zero-order valence-corrected chi connectivity index (χ0v) is 13.1. The number of aliphatic hydroxyl groups excluding tert-OH is 1. The first-order valence-electron chi connectivity index (χ1n) is 8.01. The molecular formula is C20H26O. The van der Waals surface area contributed by atoms with Gasteiger partial charge in [-0.15, -0.1) is 6.42 Å². The lowest BCUT2D eigenvalue weighted by molar-refractivity contribution is 0.290. The number of benzene rings is 1. The molecule has 112 valence electrons. The van der Waals surface area contributed by atoms with E-state index in [4.69, 9.17) is 6.42 Å². The highest BCUT2D eigenvalue weighted by atomic mass is 16.3. The normalized spacial score (nSPS) is 11.3. The van der Waals surface area contributed by atoms with E-state index in [0.29, 0.717) is 0 Å². The third-order valence-electron chi connectivity index (χ3n) is 3.51. The minimum Gasteiger partial charge on any atom is -0.369 e. The molecule has 1 heteroatoms. The molecule has 0 aliphatic heterocycles. The first kappa shape index (κ1) is 17.4. The van der Waals surface area contributed by atoms with Gasteiger partial charge in [-0.05, 0) is 30.5 Å². The highest BCUT2D eigenvalue weighted by Gasteiger charge is 1.96. The fourth-order valence-electron chi connectivity index (χ4n) is 2.28. The molecule has 1 unspecified atom stereocenters. The van der Waals surface area contributed by atoms with Crippen LogP contribution in [0, 0.1) is 24.2 Å². The van der Waals surface area contributed by atoms with Crippen molar-refractivity contribution in [2.75, 3.05) is 0 Å². The van der Waals surface area contributed by atoms with Crippen molar-refractivity contribution in [1.82, 2.24) is 0 Å². The van der Waals surface area contributed by atoms with Gasteiger partial charge in [0.05, 0.1) is 0 Å². The Hall–Kier alpha value is -1.70. The molecule has 0 bridgehead atoms. The third kappa shape index (κ3) is 8.23. The number of aryl methyl sites for hydroxylation is 1. The topological polar surface area (TPSA) is 20.2 Å². The van der Waals surface area contributed by atoms with Crippen molar-refractivity contribution in [3.8, 4) is 24.2 Å². The van der Waals surface area contributed by atoms with Crippen molar-refractivity contribution < 1.29 is 5.11 Å². The summed E-state index contributed by atoms with van der Waals surface area (Å²) in [7, 11) is 0. The lowest BCUT2D eigenvalue weighted by atomic mass is 10.0. The van der Waals surface area contributed by atoms with Gasteiger partial charge in [0.25, 0.3) is 0 Å². The summed E-state index contributed by atoms with van der Waals surface area (Å²) < 4.78 is 0. The van der Waals surface area contributed by atoms with Crippen molar-refractivity contribution >= 4 is 0 Å². The van der Waals surface area contributed by atoms with Crippen molar-refractivity contribution in [1.29, 1.82) is 0 Å². The molecular weight excluding hydrogens is 256 g/mol. The number of hydrogen-bond acceptors (Lipinski definition) is 1. The van der Waals surface area contributed by atoms with Crippen LogP contribution >= 0.6 is 0 Å². The van der Waals surface area contributed by atoms with Crippen LogP contribution in [0.3, 0.4) is 0 Å². The summed E-state index contributed by atoms with van der Waals surface area (Å²) in [5.74, 6) is 7.75. The van der Waals surface area contributed by atoms with Gasteiger partial charge in [-0.25, -0.2) is 0 Å². The van der Waals surface area contributed by atoms with E-state index in [0.717, 1.165) is 12.0 Å². The molecule has 1 N–H and O–H groups in total. The van der Waals surface area contributed by atoms with E-state index in [1.165, 1.54) is 50.5 Å². The molecule has 1 rings (SSSR count). The second-order valence-corrected chi connectivity index (χ2v) is 5.41. The SMILES string of the molecule is C#CC(O)C#Cc1cccc(CCCCCCCCC)c1. The summed E-state index contributed by atoms with van der Waals surface area (Å²) in [5, 5.41) is 9.24. The molecule has 0 fully saturated rings. The second-order valence-electron chi connectivity index (χ2n) is 5.41. The summed E-state index contributed by atoms with van der Waals surface area (Å²) >= 11 is 0. The van der Waals surface area contributed by atoms with Crippen LogP contribution in [-0.4, -0.2) is 11.2 Å². The molecule has 21 heavy (non-hydrogen) atoms. The summed E-state index contributed by atoms with van der Waals surface area (Å²) in [6.45, 7) is 2.25. The van der Waals surface area contributed by atoms with E-state index in [-0.39, 0.29) is 0 Å². The van der Waals surface area contributed by atoms with Gasteiger partial charge in [-0.2, -0.15) is 0 Å². The number of unbranched alkanes of at least 4 members (excludes halogenated alkanes) is 6. The van der Waals surface area contributed by atoms with E-state index in [9.17, 15) is 5.11 Å². The van der Waals surface area contributed by atoms with E-state index < -0.39 is 6.10 Å². The lowest BCUT2D eigenvalue weighted by Gasteiger charge is -2.03. The molecule has 1 atom stereocenters. The summed E-state index contributed by atoms with van der Waals surface area (Å²) in [5.41, 5.74) is 2.23. The van der Waals surface area contributed by atoms with Crippen LogP contribution in [0.2, 0.25) is 0 Å². The van der Waals surface area contributed by atoms with Crippen LogP contribution in [0.1, 0.15) is 63.0 Å². The van der Waals surface area contributed by atoms with Crippen molar-refractivity contribution in [2.45, 2.75) is 64.4 Å². The average molecular weight is 282 g/mol. The fourth-order valence-corrected chi connectivity index (χ4v) is 2.28.